The zero-order chi connectivity index (χ0) is 10.2. The molecule has 78 valence electrons. The Morgan fingerprint density at radius 3 is 3.07 bits per heavy atom. The van der Waals surface area contributed by atoms with Crippen LogP contribution in [0.25, 0.3) is 0 Å². The van der Waals surface area contributed by atoms with Gasteiger partial charge in [0, 0.05) is 31.9 Å². The number of hydrogen-bond donors (Lipinski definition) is 2. The van der Waals surface area contributed by atoms with E-state index in [9.17, 15) is 4.79 Å². The molecule has 0 bridgehead atoms. The first-order chi connectivity index (χ1) is 6.83. The molecule has 0 spiro atoms. The number of aromatic nitrogens is 2. The van der Waals surface area contributed by atoms with Crippen molar-refractivity contribution in [1.82, 2.24) is 15.1 Å². The Balaban J connectivity index is 2.09. The lowest BCUT2D eigenvalue weighted by Crippen LogP contribution is -2.26. The SMILES string of the molecule is NCCCNC(=O)CCn1cccn1. The monoisotopic (exact) mass is 196 g/mol. The third-order valence-corrected chi connectivity index (χ3v) is 1.83. The van der Waals surface area contributed by atoms with E-state index in [-0.39, 0.29) is 5.91 Å². The molecule has 3 N–H and O–H groups in total. The molecule has 0 fully saturated rings. The van der Waals surface area contributed by atoms with Gasteiger partial charge >= 0.3 is 0 Å². The van der Waals surface area contributed by atoms with Crippen molar-refractivity contribution < 1.29 is 4.79 Å². The largest absolute Gasteiger partial charge is 0.356 e. The van der Waals surface area contributed by atoms with Gasteiger partial charge in [-0.3, -0.25) is 9.48 Å². The molecule has 0 aliphatic heterocycles. The molecule has 0 atom stereocenters. The van der Waals surface area contributed by atoms with E-state index in [0.717, 1.165) is 6.42 Å². The molecule has 0 aliphatic rings. The van der Waals surface area contributed by atoms with Crippen LogP contribution in [0.5, 0.6) is 0 Å². The minimum absolute atomic E-state index is 0.0500. The second-order valence-electron chi connectivity index (χ2n) is 3.01. The van der Waals surface area contributed by atoms with Crippen molar-refractivity contribution >= 4 is 5.91 Å². The summed E-state index contributed by atoms with van der Waals surface area (Å²) in [5, 5.41) is 6.79. The number of hydrogen-bond acceptors (Lipinski definition) is 3. The lowest BCUT2D eigenvalue weighted by molar-refractivity contribution is -0.121. The summed E-state index contributed by atoms with van der Waals surface area (Å²) in [4.78, 5) is 11.2. The van der Waals surface area contributed by atoms with Crippen molar-refractivity contribution in [3.63, 3.8) is 0 Å². The van der Waals surface area contributed by atoms with E-state index >= 15 is 0 Å². The Morgan fingerprint density at radius 1 is 1.57 bits per heavy atom. The molecule has 0 saturated carbocycles. The molecule has 14 heavy (non-hydrogen) atoms. The normalized spacial score (nSPS) is 10.1. The van der Waals surface area contributed by atoms with Crippen molar-refractivity contribution in [3.05, 3.63) is 18.5 Å². The van der Waals surface area contributed by atoms with Crippen LogP contribution in [-0.4, -0.2) is 28.8 Å². The molecule has 5 nitrogen and oxygen atoms in total. The molecule has 0 unspecified atom stereocenters. The number of amides is 1. The quantitative estimate of drug-likeness (QED) is 0.615. The number of nitrogens with one attached hydrogen (secondary N) is 1. The van der Waals surface area contributed by atoms with Gasteiger partial charge in [-0.05, 0) is 19.0 Å². The second kappa shape index (κ2) is 6.15. The predicted octanol–water partition coefficient (Wildman–Crippen LogP) is -0.262. The van der Waals surface area contributed by atoms with Crippen molar-refractivity contribution in [2.24, 2.45) is 5.73 Å². The summed E-state index contributed by atoms with van der Waals surface area (Å²) in [7, 11) is 0. The molecule has 1 aromatic rings. The summed E-state index contributed by atoms with van der Waals surface area (Å²) >= 11 is 0. The Morgan fingerprint density at radius 2 is 2.43 bits per heavy atom. The summed E-state index contributed by atoms with van der Waals surface area (Å²) in [5.41, 5.74) is 5.30. The van der Waals surface area contributed by atoms with Crippen LogP contribution in [0.3, 0.4) is 0 Å². The van der Waals surface area contributed by atoms with Crippen LogP contribution in [0.1, 0.15) is 12.8 Å². The van der Waals surface area contributed by atoms with Gasteiger partial charge in [0.15, 0.2) is 0 Å². The van der Waals surface area contributed by atoms with Crippen LogP contribution in [0.4, 0.5) is 0 Å². The Kier molecular flexibility index (Phi) is 4.71. The predicted molar refractivity (Wildman–Crippen MR) is 53.5 cm³/mol. The van der Waals surface area contributed by atoms with Gasteiger partial charge in [-0.2, -0.15) is 5.10 Å². The average molecular weight is 196 g/mol. The third kappa shape index (κ3) is 4.04. The molecule has 1 aromatic heterocycles. The molecular weight excluding hydrogens is 180 g/mol. The number of nitrogens with two attached hydrogens (primary N) is 1. The van der Waals surface area contributed by atoms with Gasteiger partial charge < -0.3 is 11.1 Å². The number of rotatable bonds is 6. The number of carbonyl (C=O) groups excluding carboxylic acids is 1. The third-order valence-electron chi connectivity index (χ3n) is 1.83. The van der Waals surface area contributed by atoms with Crippen LogP contribution in [0.2, 0.25) is 0 Å². The van der Waals surface area contributed by atoms with Gasteiger partial charge in [0.05, 0.1) is 0 Å². The van der Waals surface area contributed by atoms with E-state index in [1.54, 1.807) is 10.9 Å². The number of aryl methyl sites for hydroxylation is 1. The van der Waals surface area contributed by atoms with Gasteiger partial charge in [-0.15, -0.1) is 0 Å². The summed E-state index contributed by atoms with van der Waals surface area (Å²) in [6.45, 7) is 1.90. The maximum absolute atomic E-state index is 11.2. The fraction of sp³-hybridized carbons (Fsp3) is 0.556. The zero-order valence-corrected chi connectivity index (χ0v) is 8.15. The highest BCUT2D eigenvalue weighted by Gasteiger charge is 2.00. The molecule has 5 heteroatoms. The molecule has 0 aromatic carbocycles. The summed E-state index contributed by atoms with van der Waals surface area (Å²) in [5.74, 6) is 0.0500. The van der Waals surface area contributed by atoms with Crippen LogP contribution in [0.15, 0.2) is 18.5 Å². The first kappa shape index (κ1) is 10.7. The van der Waals surface area contributed by atoms with Crippen LogP contribution in [0, 0.1) is 0 Å². The zero-order valence-electron chi connectivity index (χ0n) is 8.15. The summed E-state index contributed by atoms with van der Waals surface area (Å²) in [6.07, 6.45) is 4.83. The maximum Gasteiger partial charge on any atom is 0.221 e. The highest BCUT2D eigenvalue weighted by Crippen LogP contribution is 1.89. The van der Waals surface area contributed by atoms with Crippen LogP contribution in [-0.2, 0) is 11.3 Å². The highest BCUT2D eigenvalue weighted by atomic mass is 16.1. The van der Waals surface area contributed by atoms with E-state index in [4.69, 9.17) is 5.73 Å². The van der Waals surface area contributed by atoms with E-state index in [2.05, 4.69) is 10.4 Å². The highest BCUT2D eigenvalue weighted by molar-refractivity contribution is 5.75. The first-order valence-corrected chi connectivity index (χ1v) is 4.77. The maximum atomic E-state index is 11.2. The Hall–Kier alpha value is -1.36. The van der Waals surface area contributed by atoms with Gasteiger partial charge in [-0.25, -0.2) is 0 Å². The van der Waals surface area contributed by atoms with Gasteiger partial charge in [0.2, 0.25) is 5.91 Å². The summed E-state index contributed by atoms with van der Waals surface area (Å²) in [6, 6.07) is 1.84. The minimum atomic E-state index is 0.0500. The Labute approximate surface area is 83.3 Å². The van der Waals surface area contributed by atoms with Crippen LogP contribution >= 0.6 is 0 Å². The Bertz CT molecular complexity index is 258. The molecular formula is C9H16N4O. The number of nitrogens with zero attached hydrogens (tertiary/aromatic N) is 2. The van der Waals surface area contributed by atoms with Crippen molar-refractivity contribution in [3.8, 4) is 0 Å². The lowest BCUT2D eigenvalue weighted by atomic mass is 10.3. The fourth-order valence-corrected chi connectivity index (χ4v) is 1.07. The van der Waals surface area contributed by atoms with Gasteiger partial charge in [0.25, 0.3) is 0 Å². The first-order valence-electron chi connectivity index (χ1n) is 4.77. The topological polar surface area (TPSA) is 72.9 Å². The molecule has 1 heterocycles. The molecule has 0 saturated heterocycles. The van der Waals surface area contributed by atoms with E-state index < -0.39 is 0 Å². The molecule has 0 radical (unpaired) electrons. The number of carbonyl (C=O) groups is 1. The van der Waals surface area contributed by atoms with Gasteiger partial charge in [0.1, 0.15) is 0 Å². The smallest absolute Gasteiger partial charge is 0.221 e. The fourth-order valence-electron chi connectivity index (χ4n) is 1.07. The van der Waals surface area contributed by atoms with Gasteiger partial charge in [-0.1, -0.05) is 0 Å². The minimum Gasteiger partial charge on any atom is -0.356 e. The average Bonchev–Trinajstić information content (AvgIpc) is 2.68. The van der Waals surface area contributed by atoms with Crippen molar-refractivity contribution in [2.45, 2.75) is 19.4 Å². The van der Waals surface area contributed by atoms with Crippen molar-refractivity contribution in [1.29, 1.82) is 0 Å². The van der Waals surface area contributed by atoms with Crippen LogP contribution < -0.4 is 11.1 Å². The molecule has 0 aliphatic carbocycles. The van der Waals surface area contributed by atoms with E-state index in [1.165, 1.54) is 0 Å². The molecule has 1 amide bonds. The summed E-state index contributed by atoms with van der Waals surface area (Å²) < 4.78 is 1.74. The molecule has 1 rings (SSSR count). The van der Waals surface area contributed by atoms with E-state index in [0.29, 0.717) is 26.1 Å². The lowest BCUT2D eigenvalue weighted by Gasteiger charge is -2.03. The standard InChI is InChI=1S/C9H16N4O/c10-4-1-5-11-9(14)3-8-13-7-2-6-12-13/h2,6-7H,1,3-5,8,10H2,(H,11,14). The van der Waals surface area contributed by atoms with E-state index in [1.807, 2.05) is 12.3 Å². The van der Waals surface area contributed by atoms with Crippen molar-refractivity contribution in [2.75, 3.05) is 13.1 Å². The second-order valence-corrected chi connectivity index (χ2v) is 3.01.